The van der Waals surface area contributed by atoms with Gasteiger partial charge < -0.3 is 4.42 Å². The molecule has 5 rings (SSSR count). The fourth-order valence-corrected chi connectivity index (χ4v) is 3.55. The Bertz CT molecular complexity index is 1230. The zero-order valence-electron chi connectivity index (χ0n) is 13.9. The fourth-order valence-electron chi connectivity index (χ4n) is 3.43. The summed E-state index contributed by atoms with van der Waals surface area (Å²) in [6.07, 6.45) is 0. The highest BCUT2D eigenvalue weighted by Crippen LogP contribution is 2.33. The van der Waals surface area contributed by atoms with Gasteiger partial charge in [0.15, 0.2) is 0 Å². The maximum Gasteiger partial charge on any atom is 0.135 e. The molecule has 0 unspecified atom stereocenters. The van der Waals surface area contributed by atoms with Crippen molar-refractivity contribution in [2.75, 3.05) is 0 Å². The summed E-state index contributed by atoms with van der Waals surface area (Å²) in [7, 11) is 0. The third kappa shape index (κ3) is 2.58. The molecule has 1 heterocycles. The predicted octanol–water partition coefficient (Wildman–Crippen LogP) is 7.57. The molecular formula is C24H15ClO. The van der Waals surface area contributed by atoms with Gasteiger partial charge in [-0.2, -0.15) is 0 Å². The number of furan rings is 1. The largest absolute Gasteiger partial charge is 0.456 e. The van der Waals surface area contributed by atoms with E-state index in [1.807, 2.05) is 42.5 Å². The summed E-state index contributed by atoms with van der Waals surface area (Å²) in [6.45, 7) is 0. The number of halogens is 1. The van der Waals surface area contributed by atoms with Gasteiger partial charge in [-0.3, -0.25) is 0 Å². The van der Waals surface area contributed by atoms with Crippen LogP contribution >= 0.6 is 11.6 Å². The monoisotopic (exact) mass is 354 g/mol. The maximum absolute atomic E-state index is 6.01. The molecule has 0 amide bonds. The van der Waals surface area contributed by atoms with E-state index in [1.54, 1.807) is 0 Å². The molecule has 0 aliphatic carbocycles. The van der Waals surface area contributed by atoms with Crippen molar-refractivity contribution in [3.8, 4) is 22.3 Å². The highest BCUT2D eigenvalue weighted by atomic mass is 35.5. The Hall–Kier alpha value is -3.03. The molecule has 0 spiro atoms. The molecule has 26 heavy (non-hydrogen) atoms. The molecule has 124 valence electrons. The maximum atomic E-state index is 6.01. The Labute approximate surface area is 156 Å². The average Bonchev–Trinajstić information content (AvgIpc) is 3.06. The van der Waals surface area contributed by atoms with Crippen molar-refractivity contribution >= 4 is 33.5 Å². The van der Waals surface area contributed by atoms with Crippen molar-refractivity contribution in [2.24, 2.45) is 0 Å². The first-order valence-corrected chi connectivity index (χ1v) is 8.93. The van der Waals surface area contributed by atoms with Gasteiger partial charge in [-0.1, -0.05) is 66.2 Å². The smallest absolute Gasteiger partial charge is 0.135 e. The molecule has 0 fully saturated rings. The summed E-state index contributed by atoms with van der Waals surface area (Å²) in [6, 6.07) is 31.1. The quantitative estimate of drug-likeness (QED) is 0.318. The molecule has 5 aromatic rings. The molecule has 0 saturated heterocycles. The number of benzene rings is 4. The van der Waals surface area contributed by atoms with Crippen LogP contribution in [0, 0.1) is 0 Å². The van der Waals surface area contributed by atoms with Crippen molar-refractivity contribution in [1.82, 2.24) is 0 Å². The Balaban J connectivity index is 1.64. The standard InChI is InChI=1S/C24H15ClO/c25-20-11-8-16(9-12-20)17-4-3-5-18(14-17)19-10-13-24-22(15-19)21-6-1-2-7-23(21)26-24/h1-15H. The number of rotatable bonds is 2. The van der Waals surface area contributed by atoms with E-state index in [0.717, 1.165) is 32.5 Å². The first-order valence-electron chi connectivity index (χ1n) is 8.56. The minimum Gasteiger partial charge on any atom is -0.456 e. The average molecular weight is 355 g/mol. The van der Waals surface area contributed by atoms with Gasteiger partial charge in [-0.15, -0.1) is 0 Å². The van der Waals surface area contributed by atoms with E-state index in [9.17, 15) is 0 Å². The van der Waals surface area contributed by atoms with E-state index in [0.29, 0.717) is 0 Å². The molecule has 1 nitrogen and oxygen atoms in total. The van der Waals surface area contributed by atoms with Crippen LogP contribution in [-0.4, -0.2) is 0 Å². The molecular weight excluding hydrogens is 340 g/mol. The summed E-state index contributed by atoms with van der Waals surface area (Å²) in [4.78, 5) is 0. The molecule has 2 heteroatoms. The number of hydrogen-bond donors (Lipinski definition) is 0. The molecule has 4 aromatic carbocycles. The zero-order chi connectivity index (χ0) is 17.5. The van der Waals surface area contributed by atoms with Crippen molar-refractivity contribution in [3.63, 3.8) is 0 Å². The Morgan fingerprint density at radius 2 is 1.15 bits per heavy atom. The number of fused-ring (bicyclic) bond motifs is 3. The van der Waals surface area contributed by atoms with Crippen LogP contribution in [0.15, 0.2) is 95.4 Å². The minimum atomic E-state index is 0.752. The molecule has 0 aliphatic heterocycles. The lowest BCUT2D eigenvalue weighted by atomic mass is 9.98. The van der Waals surface area contributed by atoms with E-state index in [1.165, 1.54) is 16.7 Å². The van der Waals surface area contributed by atoms with Crippen LogP contribution < -0.4 is 0 Å². The first-order chi connectivity index (χ1) is 12.8. The SMILES string of the molecule is Clc1ccc(-c2cccc(-c3ccc4oc5ccccc5c4c3)c2)cc1. The van der Waals surface area contributed by atoms with E-state index < -0.39 is 0 Å². The summed E-state index contributed by atoms with van der Waals surface area (Å²) < 4.78 is 5.94. The highest BCUT2D eigenvalue weighted by molar-refractivity contribution is 6.30. The van der Waals surface area contributed by atoms with Crippen molar-refractivity contribution in [2.45, 2.75) is 0 Å². The molecule has 0 N–H and O–H groups in total. The number of hydrogen-bond acceptors (Lipinski definition) is 1. The normalized spacial score (nSPS) is 11.3. The Kier molecular flexibility index (Phi) is 3.55. The summed E-state index contributed by atoms with van der Waals surface area (Å²) in [5.74, 6) is 0. The molecule has 0 aliphatic rings. The molecule has 0 saturated carbocycles. The molecule has 0 atom stereocenters. The van der Waals surface area contributed by atoms with Gasteiger partial charge in [-0.25, -0.2) is 0 Å². The molecule has 1 aromatic heterocycles. The van der Waals surface area contributed by atoms with Crippen molar-refractivity contribution in [1.29, 1.82) is 0 Å². The third-order valence-electron chi connectivity index (χ3n) is 4.75. The Morgan fingerprint density at radius 3 is 2.00 bits per heavy atom. The topological polar surface area (TPSA) is 13.1 Å². The van der Waals surface area contributed by atoms with Crippen LogP contribution in [0.2, 0.25) is 5.02 Å². The second-order valence-corrected chi connectivity index (χ2v) is 6.83. The fraction of sp³-hybridized carbons (Fsp3) is 0. The Morgan fingerprint density at radius 1 is 0.500 bits per heavy atom. The summed E-state index contributed by atoms with van der Waals surface area (Å²) >= 11 is 6.01. The first kappa shape index (κ1) is 15.2. The van der Waals surface area contributed by atoms with Gasteiger partial charge in [0, 0.05) is 15.8 Å². The van der Waals surface area contributed by atoms with Crippen LogP contribution in [0.3, 0.4) is 0 Å². The van der Waals surface area contributed by atoms with Crippen LogP contribution in [0.5, 0.6) is 0 Å². The predicted molar refractivity (Wildman–Crippen MR) is 110 cm³/mol. The lowest BCUT2D eigenvalue weighted by Crippen LogP contribution is -1.81. The minimum absolute atomic E-state index is 0.752. The van der Waals surface area contributed by atoms with Gasteiger partial charge in [0.2, 0.25) is 0 Å². The number of para-hydroxylation sites is 1. The zero-order valence-corrected chi connectivity index (χ0v) is 14.7. The second kappa shape index (κ2) is 6.05. The highest BCUT2D eigenvalue weighted by Gasteiger charge is 2.08. The van der Waals surface area contributed by atoms with Crippen LogP contribution in [0.25, 0.3) is 44.2 Å². The summed E-state index contributed by atoms with van der Waals surface area (Å²) in [5.41, 5.74) is 6.55. The van der Waals surface area contributed by atoms with E-state index in [4.69, 9.17) is 16.0 Å². The van der Waals surface area contributed by atoms with Crippen molar-refractivity contribution < 1.29 is 4.42 Å². The third-order valence-corrected chi connectivity index (χ3v) is 5.00. The lowest BCUT2D eigenvalue weighted by molar-refractivity contribution is 0.669. The van der Waals surface area contributed by atoms with Gasteiger partial charge in [0.25, 0.3) is 0 Å². The van der Waals surface area contributed by atoms with Crippen LogP contribution in [-0.2, 0) is 0 Å². The van der Waals surface area contributed by atoms with Crippen LogP contribution in [0.1, 0.15) is 0 Å². The molecule has 0 bridgehead atoms. The lowest BCUT2D eigenvalue weighted by Gasteiger charge is -2.07. The van der Waals surface area contributed by atoms with Gasteiger partial charge in [-0.05, 0) is 58.7 Å². The van der Waals surface area contributed by atoms with Gasteiger partial charge in [0.05, 0.1) is 0 Å². The molecule has 0 radical (unpaired) electrons. The second-order valence-electron chi connectivity index (χ2n) is 6.40. The van der Waals surface area contributed by atoms with Crippen molar-refractivity contribution in [3.05, 3.63) is 96.0 Å². The van der Waals surface area contributed by atoms with E-state index >= 15 is 0 Å². The van der Waals surface area contributed by atoms with Crippen LogP contribution in [0.4, 0.5) is 0 Å². The summed E-state index contributed by atoms with van der Waals surface area (Å²) in [5, 5.41) is 3.05. The van der Waals surface area contributed by atoms with Gasteiger partial charge >= 0.3 is 0 Å². The van der Waals surface area contributed by atoms with E-state index in [2.05, 4.69) is 48.5 Å². The van der Waals surface area contributed by atoms with E-state index in [-0.39, 0.29) is 0 Å². The van der Waals surface area contributed by atoms with Gasteiger partial charge in [0.1, 0.15) is 11.2 Å².